The predicted octanol–water partition coefficient (Wildman–Crippen LogP) is 3.93. The third-order valence-corrected chi connectivity index (χ3v) is 4.29. The molecule has 25 heavy (non-hydrogen) atoms. The molecule has 0 aliphatic heterocycles. The minimum Gasteiger partial charge on any atom is -0.350 e. The largest absolute Gasteiger partial charge is 0.350 e. The van der Waals surface area contributed by atoms with Crippen LogP contribution in [0.25, 0.3) is 5.69 Å². The van der Waals surface area contributed by atoms with Crippen molar-refractivity contribution < 1.29 is 4.79 Å². The van der Waals surface area contributed by atoms with Crippen LogP contribution in [0, 0.1) is 6.92 Å². The summed E-state index contributed by atoms with van der Waals surface area (Å²) in [5, 5.41) is 7.35. The van der Waals surface area contributed by atoms with Crippen molar-refractivity contribution in [2.75, 3.05) is 0 Å². The smallest absolute Gasteiger partial charge is 0.251 e. The van der Waals surface area contributed by atoms with Crippen molar-refractivity contribution in [1.82, 2.24) is 15.1 Å². The highest BCUT2D eigenvalue weighted by molar-refractivity contribution is 5.94. The van der Waals surface area contributed by atoms with Gasteiger partial charge in [0.25, 0.3) is 5.91 Å². The van der Waals surface area contributed by atoms with Crippen LogP contribution in [0.2, 0.25) is 0 Å². The van der Waals surface area contributed by atoms with E-state index in [2.05, 4.69) is 22.5 Å². The molecule has 1 amide bonds. The first-order valence-corrected chi connectivity index (χ1v) is 8.59. The molecule has 1 atom stereocenters. The summed E-state index contributed by atoms with van der Waals surface area (Å²) < 4.78 is 1.85. The van der Waals surface area contributed by atoms with E-state index in [0.29, 0.717) is 5.56 Å². The van der Waals surface area contributed by atoms with Crippen LogP contribution < -0.4 is 5.32 Å². The summed E-state index contributed by atoms with van der Waals surface area (Å²) in [5.74, 6) is -0.0377. The van der Waals surface area contributed by atoms with E-state index >= 15 is 0 Å². The molecular weight excluding hydrogens is 310 g/mol. The zero-order valence-corrected chi connectivity index (χ0v) is 14.6. The maximum absolute atomic E-state index is 12.4. The predicted molar refractivity (Wildman–Crippen MR) is 100.0 cm³/mol. The van der Waals surface area contributed by atoms with Crippen molar-refractivity contribution >= 4 is 5.91 Å². The Kier molecular flexibility index (Phi) is 5.29. The second kappa shape index (κ2) is 7.79. The Morgan fingerprint density at radius 2 is 1.80 bits per heavy atom. The molecule has 0 saturated heterocycles. The number of hydrogen-bond donors (Lipinski definition) is 1. The third-order valence-electron chi connectivity index (χ3n) is 4.29. The van der Waals surface area contributed by atoms with E-state index in [1.807, 2.05) is 67.1 Å². The number of amides is 1. The van der Waals surface area contributed by atoms with Gasteiger partial charge >= 0.3 is 0 Å². The highest BCUT2D eigenvalue weighted by Gasteiger charge is 2.10. The van der Waals surface area contributed by atoms with Crippen molar-refractivity contribution in [2.24, 2.45) is 0 Å². The van der Waals surface area contributed by atoms with Crippen LogP contribution in [0.1, 0.15) is 35.0 Å². The Bertz CT molecular complexity index is 822. The lowest BCUT2D eigenvalue weighted by molar-refractivity contribution is 0.0938. The van der Waals surface area contributed by atoms with Crippen molar-refractivity contribution in [3.05, 3.63) is 83.7 Å². The van der Waals surface area contributed by atoms with E-state index in [9.17, 15) is 4.79 Å². The monoisotopic (exact) mass is 333 g/mol. The molecule has 4 nitrogen and oxygen atoms in total. The van der Waals surface area contributed by atoms with E-state index in [1.165, 1.54) is 5.56 Å². The fraction of sp³-hybridized carbons (Fsp3) is 0.238. The summed E-state index contributed by atoms with van der Waals surface area (Å²) in [5.41, 5.74) is 3.98. The van der Waals surface area contributed by atoms with Gasteiger partial charge in [-0.1, -0.05) is 30.3 Å². The molecule has 0 aliphatic rings. The molecule has 0 spiro atoms. The molecule has 1 unspecified atom stereocenters. The van der Waals surface area contributed by atoms with E-state index < -0.39 is 0 Å². The van der Waals surface area contributed by atoms with Gasteiger partial charge in [-0.25, -0.2) is 4.68 Å². The van der Waals surface area contributed by atoms with Gasteiger partial charge in [-0.2, -0.15) is 5.10 Å². The molecule has 3 aromatic rings. The minimum atomic E-state index is -0.0377. The van der Waals surface area contributed by atoms with Crippen LogP contribution in [-0.4, -0.2) is 21.7 Å². The third kappa shape index (κ3) is 4.35. The standard InChI is InChI=1S/C21H23N3O/c1-16(8-9-18-6-4-3-5-7-18)23-21(25)19-10-12-20(13-11-19)24-17(2)14-15-22-24/h3-7,10-16H,8-9H2,1-2H3,(H,23,25). The number of rotatable bonds is 6. The number of carbonyl (C=O) groups excluding carboxylic acids is 1. The lowest BCUT2D eigenvalue weighted by atomic mass is 10.1. The number of aromatic nitrogens is 2. The Balaban J connectivity index is 1.56. The van der Waals surface area contributed by atoms with E-state index in [0.717, 1.165) is 24.2 Å². The van der Waals surface area contributed by atoms with Crippen molar-refractivity contribution in [3.8, 4) is 5.69 Å². The second-order valence-corrected chi connectivity index (χ2v) is 6.33. The molecule has 2 aromatic carbocycles. The molecule has 0 saturated carbocycles. The molecule has 4 heteroatoms. The minimum absolute atomic E-state index is 0.0377. The topological polar surface area (TPSA) is 46.9 Å². The van der Waals surface area contributed by atoms with Crippen molar-refractivity contribution in [3.63, 3.8) is 0 Å². The van der Waals surface area contributed by atoms with Crippen molar-refractivity contribution in [1.29, 1.82) is 0 Å². The summed E-state index contributed by atoms with van der Waals surface area (Å²) >= 11 is 0. The summed E-state index contributed by atoms with van der Waals surface area (Å²) in [7, 11) is 0. The Morgan fingerprint density at radius 3 is 2.44 bits per heavy atom. The van der Waals surface area contributed by atoms with Gasteiger partial charge < -0.3 is 5.32 Å². The molecule has 1 heterocycles. The molecule has 128 valence electrons. The molecule has 1 aromatic heterocycles. The highest BCUT2D eigenvalue weighted by Crippen LogP contribution is 2.12. The maximum atomic E-state index is 12.4. The summed E-state index contributed by atoms with van der Waals surface area (Å²) in [6.45, 7) is 4.05. The molecule has 1 N–H and O–H groups in total. The normalized spacial score (nSPS) is 11.9. The Hall–Kier alpha value is -2.88. The fourth-order valence-corrected chi connectivity index (χ4v) is 2.80. The average molecular weight is 333 g/mol. The summed E-state index contributed by atoms with van der Waals surface area (Å²) in [4.78, 5) is 12.4. The van der Waals surface area contributed by atoms with Crippen LogP contribution in [0.4, 0.5) is 0 Å². The molecular formula is C21H23N3O. The van der Waals surface area contributed by atoms with Crippen LogP contribution in [0.3, 0.4) is 0 Å². The number of nitrogens with one attached hydrogen (secondary N) is 1. The van der Waals surface area contributed by atoms with Crippen LogP contribution >= 0.6 is 0 Å². The quantitative estimate of drug-likeness (QED) is 0.743. The Labute approximate surface area is 148 Å². The van der Waals surface area contributed by atoms with Crippen LogP contribution in [-0.2, 0) is 6.42 Å². The number of carbonyl (C=O) groups is 1. The SMILES string of the molecule is Cc1ccnn1-c1ccc(C(=O)NC(C)CCc2ccccc2)cc1. The second-order valence-electron chi connectivity index (χ2n) is 6.33. The zero-order chi connectivity index (χ0) is 17.6. The first-order chi connectivity index (χ1) is 12.1. The van der Waals surface area contributed by atoms with E-state index in [4.69, 9.17) is 0 Å². The maximum Gasteiger partial charge on any atom is 0.251 e. The highest BCUT2D eigenvalue weighted by atomic mass is 16.1. The average Bonchev–Trinajstić information content (AvgIpc) is 3.07. The summed E-state index contributed by atoms with van der Waals surface area (Å²) in [6.07, 6.45) is 3.64. The molecule has 0 fully saturated rings. The summed E-state index contributed by atoms with van der Waals surface area (Å²) in [6, 6.07) is 19.9. The number of nitrogens with zero attached hydrogens (tertiary/aromatic N) is 2. The molecule has 3 rings (SSSR count). The van der Waals surface area contributed by atoms with Gasteiger partial charge in [-0.05, 0) is 62.6 Å². The first kappa shape index (κ1) is 17.0. The van der Waals surface area contributed by atoms with Gasteiger partial charge in [0.2, 0.25) is 0 Å². The van der Waals surface area contributed by atoms with Gasteiger partial charge in [0.1, 0.15) is 0 Å². The lowest BCUT2D eigenvalue weighted by Crippen LogP contribution is -2.32. The lowest BCUT2D eigenvalue weighted by Gasteiger charge is -2.14. The van der Waals surface area contributed by atoms with Gasteiger partial charge in [0, 0.05) is 23.5 Å². The zero-order valence-electron chi connectivity index (χ0n) is 14.6. The van der Waals surface area contributed by atoms with Crippen molar-refractivity contribution in [2.45, 2.75) is 32.7 Å². The van der Waals surface area contributed by atoms with Crippen LogP contribution in [0.5, 0.6) is 0 Å². The van der Waals surface area contributed by atoms with Crippen LogP contribution in [0.15, 0.2) is 66.9 Å². The molecule has 0 bridgehead atoms. The molecule has 0 radical (unpaired) electrons. The number of aryl methyl sites for hydroxylation is 2. The number of hydrogen-bond acceptors (Lipinski definition) is 2. The van der Waals surface area contributed by atoms with Gasteiger partial charge in [0.15, 0.2) is 0 Å². The van der Waals surface area contributed by atoms with Gasteiger partial charge in [-0.15, -0.1) is 0 Å². The van der Waals surface area contributed by atoms with E-state index in [1.54, 1.807) is 6.20 Å². The molecule has 0 aliphatic carbocycles. The first-order valence-electron chi connectivity index (χ1n) is 8.59. The number of benzene rings is 2. The van der Waals surface area contributed by atoms with Gasteiger partial charge in [-0.3, -0.25) is 4.79 Å². The van der Waals surface area contributed by atoms with Gasteiger partial charge in [0.05, 0.1) is 5.69 Å². The fourth-order valence-electron chi connectivity index (χ4n) is 2.80. The Morgan fingerprint density at radius 1 is 1.08 bits per heavy atom. The van der Waals surface area contributed by atoms with E-state index in [-0.39, 0.29) is 11.9 Å².